The van der Waals surface area contributed by atoms with E-state index < -0.39 is 17.3 Å². The van der Waals surface area contributed by atoms with Gasteiger partial charge in [-0.2, -0.15) is 0 Å². The Morgan fingerprint density at radius 3 is 1.60 bits per heavy atom. The van der Waals surface area contributed by atoms with Crippen LogP contribution in [0.4, 0.5) is 0 Å². The Morgan fingerprint density at radius 2 is 1.35 bits per heavy atom. The van der Waals surface area contributed by atoms with E-state index in [0.717, 1.165) is 29.5 Å². The minimum absolute atomic E-state index is 0.0421. The molecule has 0 spiro atoms. The van der Waals surface area contributed by atoms with Gasteiger partial charge in [0, 0.05) is 0 Å². The van der Waals surface area contributed by atoms with Crippen LogP contribution in [-0.4, -0.2) is 7.91 Å². The van der Waals surface area contributed by atoms with Crippen LogP contribution in [0.25, 0.3) is 0 Å². The number of aromatic nitrogens is 2. The van der Waals surface area contributed by atoms with E-state index in [1.165, 1.54) is 7.91 Å². The molecule has 0 saturated carbocycles. The van der Waals surface area contributed by atoms with Gasteiger partial charge in [0.05, 0.1) is 0 Å². The molecule has 0 aliphatic carbocycles. The van der Waals surface area contributed by atoms with Crippen molar-refractivity contribution in [3.05, 3.63) is 39.4 Å². The smallest absolute Gasteiger partial charge is 0.267 e. The zero-order valence-corrected chi connectivity index (χ0v) is 14.7. The molecule has 0 atom stereocenters. The summed E-state index contributed by atoms with van der Waals surface area (Å²) in [7, 11) is 0. The van der Waals surface area contributed by atoms with Crippen molar-refractivity contribution in [1.82, 2.24) is 7.91 Å². The van der Waals surface area contributed by atoms with Crippen LogP contribution in [-0.2, 0) is 0 Å². The molecule has 2 aromatic heterocycles. The number of halogens is 4. The van der Waals surface area contributed by atoms with Gasteiger partial charge >= 0.3 is 0 Å². The van der Waals surface area contributed by atoms with Gasteiger partial charge in [-0.3, -0.25) is 9.59 Å². The summed E-state index contributed by atoms with van der Waals surface area (Å²) in [5.74, 6) is 0. The molecule has 2 rings (SSSR count). The molecule has 0 radical (unpaired) electrons. The lowest BCUT2D eigenvalue weighted by molar-refractivity contribution is 0.433. The Labute approximate surface area is 142 Å². The molecule has 20 heavy (non-hydrogen) atoms. The standard InChI is InChI=1S/C10H8Cl4N2O2S2/c1-2-3-4(15-9(17)5(11)7(13)19-15)16-10(18)6(12)8(14)20-16/h4H,2-3H2,1H3. The largest absolute Gasteiger partial charge is 0.282 e. The molecule has 110 valence electrons. The Kier molecular flexibility index (Phi) is 5.26. The molecular weight excluding hydrogens is 386 g/mol. The van der Waals surface area contributed by atoms with Crippen LogP contribution >= 0.6 is 69.5 Å². The first-order valence-electron chi connectivity index (χ1n) is 5.52. The molecule has 2 heterocycles. The van der Waals surface area contributed by atoms with Crippen LogP contribution in [0, 0.1) is 0 Å². The van der Waals surface area contributed by atoms with E-state index in [-0.39, 0.29) is 18.7 Å². The minimum Gasteiger partial charge on any atom is -0.267 e. The first-order valence-corrected chi connectivity index (χ1v) is 8.58. The van der Waals surface area contributed by atoms with Gasteiger partial charge < -0.3 is 0 Å². The van der Waals surface area contributed by atoms with Gasteiger partial charge in [0.2, 0.25) is 0 Å². The quantitative estimate of drug-likeness (QED) is 0.762. The highest BCUT2D eigenvalue weighted by Gasteiger charge is 2.24. The molecule has 0 N–H and O–H groups in total. The highest BCUT2D eigenvalue weighted by atomic mass is 35.5. The lowest BCUT2D eigenvalue weighted by Gasteiger charge is -2.16. The fourth-order valence-electron chi connectivity index (χ4n) is 1.68. The Morgan fingerprint density at radius 1 is 0.950 bits per heavy atom. The van der Waals surface area contributed by atoms with Gasteiger partial charge in [-0.1, -0.05) is 59.7 Å². The molecule has 0 aliphatic heterocycles. The first-order chi connectivity index (χ1) is 9.38. The van der Waals surface area contributed by atoms with E-state index in [1.54, 1.807) is 0 Å². The highest BCUT2D eigenvalue weighted by molar-refractivity contribution is 7.12. The molecule has 2 aromatic rings. The van der Waals surface area contributed by atoms with Crippen molar-refractivity contribution < 1.29 is 0 Å². The molecule has 0 aromatic carbocycles. The summed E-state index contributed by atoms with van der Waals surface area (Å²) < 4.78 is 3.14. The maximum atomic E-state index is 12.1. The second-order valence-electron chi connectivity index (χ2n) is 3.89. The van der Waals surface area contributed by atoms with E-state index >= 15 is 0 Å². The van der Waals surface area contributed by atoms with Crippen LogP contribution in [0.15, 0.2) is 9.59 Å². The predicted molar refractivity (Wildman–Crippen MR) is 86.5 cm³/mol. The van der Waals surface area contributed by atoms with Crippen molar-refractivity contribution in [2.24, 2.45) is 0 Å². The molecule has 4 nitrogen and oxygen atoms in total. The average Bonchev–Trinajstić information content (AvgIpc) is 2.82. The van der Waals surface area contributed by atoms with Crippen molar-refractivity contribution in [2.75, 3.05) is 0 Å². The second kappa shape index (κ2) is 6.42. The molecule has 0 bridgehead atoms. The van der Waals surface area contributed by atoms with Gasteiger partial charge in [0.1, 0.15) is 24.9 Å². The third kappa shape index (κ3) is 2.82. The Bertz CT molecular complexity index is 685. The van der Waals surface area contributed by atoms with Gasteiger partial charge in [0.25, 0.3) is 11.1 Å². The first kappa shape index (κ1) is 16.4. The minimum atomic E-state index is -0.523. The van der Waals surface area contributed by atoms with Gasteiger partial charge in [0.15, 0.2) is 0 Å². The number of nitrogens with zero attached hydrogens (tertiary/aromatic N) is 2. The number of rotatable bonds is 4. The maximum Gasteiger partial charge on any atom is 0.282 e. The summed E-state index contributed by atoms with van der Waals surface area (Å²) in [5, 5.41) is -0.0841. The molecular formula is C10H8Cl4N2O2S2. The Hall–Kier alpha value is 0.0200. The van der Waals surface area contributed by atoms with Gasteiger partial charge in [-0.25, -0.2) is 7.91 Å². The predicted octanol–water partition coefficient (Wildman–Crippen LogP) is 4.59. The summed E-state index contributed by atoms with van der Waals surface area (Å²) in [4.78, 5) is 24.1. The monoisotopic (exact) mass is 392 g/mol. The zero-order chi connectivity index (χ0) is 15.0. The van der Waals surface area contributed by atoms with Crippen LogP contribution < -0.4 is 11.1 Å². The van der Waals surface area contributed by atoms with Crippen LogP contribution in [0.1, 0.15) is 25.9 Å². The van der Waals surface area contributed by atoms with Crippen LogP contribution in [0.2, 0.25) is 18.7 Å². The maximum absolute atomic E-state index is 12.1. The van der Waals surface area contributed by atoms with Crippen molar-refractivity contribution >= 4 is 69.5 Å². The van der Waals surface area contributed by atoms with Gasteiger partial charge in [-0.05, 0) is 29.5 Å². The normalized spacial score (nSPS) is 11.5. The summed E-state index contributed by atoms with van der Waals surface area (Å²) >= 11 is 25.4. The fraction of sp³-hybridized carbons (Fsp3) is 0.400. The van der Waals surface area contributed by atoms with Crippen LogP contribution in [0.5, 0.6) is 0 Å². The van der Waals surface area contributed by atoms with E-state index in [2.05, 4.69) is 0 Å². The van der Waals surface area contributed by atoms with Crippen molar-refractivity contribution in [3.8, 4) is 0 Å². The lowest BCUT2D eigenvalue weighted by atomic mass is 10.3. The van der Waals surface area contributed by atoms with Gasteiger partial charge in [-0.15, -0.1) is 0 Å². The molecule has 0 aliphatic rings. The summed E-state index contributed by atoms with van der Waals surface area (Å²) in [5.41, 5.74) is -0.847. The zero-order valence-electron chi connectivity index (χ0n) is 10.0. The highest BCUT2D eigenvalue weighted by Crippen LogP contribution is 2.31. The summed E-state index contributed by atoms with van der Waals surface area (Å²) in [6.45, 7) is 1.94. The molecule has 0 fully saturated rings. The molecule has 0 saturated heterocycles. The Balaban J connectivity index is 2.62. The van der Waals surface area contributed by atoms with Crippen molar-refractivity contribution in [3.63, 3.8) is 0 Å². The molecule has 10 heteroatoms. The van der Waals surface area contributed by atoms with E-state index in [4.69, 9.17) is 46.4 Å². The summed E-state index contributed by atoms with van der Waals surface area (Å²) in [6, 6.07) is 0. The second-order valence-corrected chi connectivity index (χ2v) is 7.82. The summed E-state index contributed by atoms with van der Waals surface area (Å²) in [6.07, 6.45) is 0.786. The van der Waals surface area contributed by atoms with Crippen molar-refractivity contribution in [2.45, 2.75) is 25.9 Å². The lowest BCUT2D eigenvalue weighted by Crippen LogP contribution is -2.29. The van der Waals surface area contributed by atoms with E-state index in [1.807, 2.05) is 6.92 Å². The van der Waals surface area contributed by atoms with Crippen molar-refractivity contribution in [1.29, 1.82) is 0 Å². The SMILES string of the molecule is CCCC(n1sc(Cl)c(Cl)c1=O)n1sc(Cl)c(Cl)c1=O. The van der Waals surface area contributed by atoms with E-state index in [9.17, 15) is 9.59 Å². The molecule has 0 unspecified atom stereocenters. The molecule has 0 amide bonds. The third-order valence-corrected chi connectivity index (χ3v) is 6.42. The number of hydrogen-bond acceptors (Lipinski definition) is 4. The average molecular weight is 394 g/mol. The van der Waals surface area contributed by atoms with Crippen LogP contribution in [0.3, 0.4) is 0 Å². The number of hydrogen-bond donors (Lipinski definition) is 0. The topological polar surface area (TPSA) is 44.0 Å². The third-order valence-electron chi connectivity index (χ3n) is 2.57. The fourth-order valence-corrected chi connectivity index (χ4v) is 4.51. The van der Waals surface area contributed by atoms with E-state index in [0.29, 0.717) is 6.42 Å².